The van der Waals surface area contributed by atoms with Crippen LogP contribution in [-0.2, 0) is 5.54 Å². The Hall–Kier alpha value is -4.38. The van der Waals surface area contributed by atoms with Gasteiger partial charge in [0.25, 0.3) is 0 Å². The molecule has 0 saturated carbocycles. The van der Waals surface area contributed by atoms with Crippen LogP contribution in [0.5, 0.6) is 0 Å². The molecule has 0 aliphatic carbocycles. The minimum Gasteiger partial charge on any atom is -0.318 e. The van der Waals surface area contributed by atoms with Gasteiger partial charge in [0.15, 0.2) is 6.29 Å². The van der Waals surface area contributed by atoms with Gasteiger partial charge in [-0.1, -0.05) is 91.0 Å². The number of aromatic nitrogens is 3. The molecule has 0 amide bonds. The predicted octanol–water partition coefficient (Wildman–Crippen LogP) is 5.74. The van der Waals surface area contributed by atoms with Crippen molar-refractivity contribution in [2.75, 3.05) is 0 Å². The molecule has 0 unspecified atom stereocenters. The lowest BCUT2D eigenvalue weighted by atomic mass is 9.77. The van der Waals surface area contributed by atoms with Crippen molar-refractivity contribution in [3.8, 4) is 11.3 Å². The highest BCUT2D eigenvalue weighted by Gasteiger charge is 2.38. The number of hydrogen-bond donors (Lipinski definition) is 0. The first-order chi connectivity index (χ1) is 16.2. The first-order valence-electron chi connectivity index (χ1n) is 10.6. The Morgan fingerprint density at radius 1 is 0.758 bits per heavy atom. The van der Waals surface area contributed by atoms with Crippen molar-refractivity contribution in [1.29, 1.82) is 0 Å². The molecule has 2 heterocycles. The normalized spacial score (nSPS) is 11.3. The van der Waals surface area contributed by atoms with E-state index in [0.717, 1.165) is 22.8 Å². The van der Waals surface area contributed by atoms with Gasteiger partial charge in [0, 0.05) is 29.6 Å². The number of aldehydes is 1. The zero-order chi connectivity index (χ0) is 22.7. The average Bonchev–Trinajstić information content (AvgIpc) is 3.36. The zero-order valence-electron chi connectivity index (χ0n) is 17.7. The maximum absolute atomic E-state index is 13.6. The Balaban J connectivity index is 1.81. The third kappa shape index (κ3) is 3.53. The minimum absolute atomic E-state index is 0.206. The number of halogens is 1. The van der Waals surface area contributed by atoms with Gasteiger partial charge < -0.3 is 4.57 Å². The number of carbonyl (C=O) groups is 1. The maximum Gasteiger partial charge on any atom is 0.213 e. The summed E-state index contributed by atoms with van der Waals surface area (Å²) in [6.45, 7) is 0. The van der Waals surface area contributed by atoms with Gasteiger partial charge in [-0.05, 0) is 16.7 Å². The maximum atomic E-state index is 13.6. The molecule has 0 N–H and O–H groups in total. The van der Waals surface area contributed by atoms with Crippen LogP contribution in [0.2, 0.25) is 0 Å². The number of imidazole rings is 1. The van der Waals surface area contributed by atoms with Crippen molar-refractivity contribution in [3.63, 3.8) is 0 Å². The molecule has 0 bridgehead atoms. The molecule has 4 nitrogen and oxygen atoms in total. The van der Waals surface area contributed by atoms with Gasteiger partial charge in [-0.25, -0.2) is 9.97 Å². The lowest BCUT2D eigenvalue weighted by molar-refractivity contribution is 0.112. The van der Waals surface area contributed by atoms with E-state index in [1.54, 1.807) is 6.33 Å². The fourth-order valence-electron chi connectivity index (χ4n) is 4.39. The summed E-state index contributed by atoms with van der Waals surface area (Å²) in [5.41, 5.74) is 3.67. The largest absolute Gasteiger partial charge is 0.318 e. The molecule has 0 saturated heterocycles. The van der Waals surface area contributed by atoms with Crippen LogP contribution >= 0.6 is 0 Å². The summed E-state index contributed by atoms with van der Waals surface area (Å²) in [6.07, 6.45) is 5.61. The van der Waals surface area contributed by atoms with Crippen LogP contribution < -0.4 is 0 Å². The van der Waals surface area contributed by atoms with Gasteiger partial charge in [0.2, 0.25) is 5.95 Å². The van der Waals surface area contributed by atoms with E-state index in [0.29, 0.717) is 17.5 Å². The molecule has 33 heavy (non-hydrogen) atoms. The Bertz CT molecular complexity index is 1290. The number of carbonyl (C=O) groups excluding carboxylic acids is 1. The summed E-state index contributed by atoms with van der Waals surface area (Å²) in [6, 6.07) is 31.8. The first kappa shape index (κ1) is 20.5. The molecular formula is C28H20FN3O. The average molecular weight is 433 g/mol. The highest BCUT2D eigenvalue weighted by atomic mass is 19.1. The fraction of sp³-hybridized carbons (Fsp3) is 0.0357. The molecule has 0 atom stereocenters. The molecule has 5 aromatic rings. The number of pyridine rings is 1. The van der Waals surface area contributed by atoms with Crippen LogP contribution in [0.3, 0.4) is 0 Å². The van der Waals surface area contributed by atoms with Gasteiger partial charge in [-0.2, -0.15) is 4.39 Å². The smallest absolute Gasteiger partial charge is 0.213 e. The van der Waals surface area contributed by atoms with Crippen LogP contribution in [0.25, 0.3) is 11.3 Å². The van der Waals surface area contributed by atoms with Gasteiger partial charge in [0.05, 0.1) is 12.0 Å². The lowest BCUT2D eigenvalue weighted by Crippen LogP contribution is -2.36. The van der Waals surface area contributed by atoms with Crippen molar-refractivity contribution in [3.05, 3.63) is 144 Å². The lowest BCUT2D eigenvalue weighted by Gasteiger charge is -2.37. The Morgan fingerprint density at radius 2 is 1.27 bits per heavy atom. The van der Waals surface area contributed by atoms with E-state index in [1.165, 1.54) is 6.20 Å². The van der Waals surface area contributed by atoms with Gasteiger partial charge in [-0.15, -0.1) is 0 Å². The van der Waals surface area contributed by atoms with Crippen molar-refractivity contribution < 1.29 is 9.18 Å². The van der Waals surface area contributed by atoms with E-state index >= 15 is 0 Å². The minimum atomic E-state index is -0.718. The standard InChI is InChI=1S/C28H20FN3O/c29-27-16-21(19-33)25(17-30-27)26-18-32(20-31-26)28(22-10-4-1-5-11-22,23-12-6-2-7-13-23)24-14-8-3-9-15-24/h1-20H. The molecular weight excluding hydrogens is 413 g/mol. The topological polar surface area (TPSA) is 47.8 Å². The molecule has 0 aliphatic rings. The molecule has 5 rings (SSSR count). The van der Waals surface area contributed by atoms with Crippen LogP contribution in [0.15, 0.2) is 116 Å². The van der Waals surface area contributed by atoms with E-state index in [1.807, 2.05) is 65.4 Å². The summed E-state index contributed by atoms with van der Waals surface area (Å²) in [7, 11) is 0. The Labute approximate surface area is 191 Å². The van der Waals surface area contributed by atoms with Crippen LogP contribution in [0.4, 0.5) is 4.39 Å². The molecule has 0 radical (unpaired) electrons. The number of nitrogens with zero attached hydrogens (tertiary/aromatic N) is 3. The number of hydrogen-bond acceptors (Lipinski definition) is 3. The van der Waals surface area contributed by atoms with E-state index in [-0.39, 0.29) is 5.56 Å². The quantitative estimate of drug-likeness (QED) is 0.195. The van der Waals surface area contributed by atoms with Crippen LogP contribution in [-0.4, -0.2) is 20.8 Å². The van der Waals surface area contributed by atoms with Gasteiger partial charge in [-0.3, -0.25) is 4.79 Å². The second kappa shape index (κ2) is 8.63. The second-order valence-electron chi connectivity index (χ2n) is 7.69. The SMILES string of the molecule is O=Cc1cc(F)ncc1-c1cn(C(c2ccccc2)(c2ccccc2)c2ccccc2)cn1. The summed E-state index contributed by atoms with van der Waals surface area (Å²) >= 11 is 0. The second-order valence-corrected chi connectivity index (χ2v) is 7.69. The van der Waals surface area contributed by atoms with Gasteiger partial charge in [0.1, 0.15) is 5.54 Å². The van der Waals surface area contributed by atoms with Crippen molar-refractivity contribution in [2.24, 2.45) is 0 Å². The highest BCUT2D eigenvalue weighted by molar-refractivity contribution is 5.85. The van der Waals surface area contributed by atoms with E-state index in [2.05, 4.69) is 46.4 Å². The van der Waals surface area contributed by atoms with E-state index in [4.69, 9.17) is 0 Å². The first-order valence-corrected chi connectivity index (χ1v) is 10.6. The monoisotopic (exact) mass is 433 g/mol. The Kier molecular flexibility index (Phi) is 5.37. The molecule has 160 valence electrons. The number of rotatable bonds is 6. The summed E-state index contributed by atoms with van der Waals surface area (Å²) in [5.74, 6) is -0.701. The zero-order valence-corrected chi connectivity index (χ0v) is 17.7. The van der Waals surface area contributed by atoms with Crippen LogP contribution in [0, 0.1) is 5.95 Å². The molecule has 3 aromatic carbocycles. The van der Waals surface area contributed by atoms with Crippen LogP contribution in [0.1, 0.15) is 27.0 Å². The summed E-state index contributed by atoms with van der Waals surface area (Å²) < 4.78 is 15.7. The van der Waals surface area contributed by atoms with E-state index < -0.39 is 11.5 Å². The van der Waals surface area contributed by atoms with Crippen molar-refractivity contribution in [1.82, 2.24) is 14.5 Å². The third-order valence-corrected chi connectivity index (χ3v) is 5.85. The van der Waals surface area contributed by atoms with Crippen molar-refractivity contribution >= 4 is 6.29 Å². The summed E-state index contributed by atoms with van der Waals surface area (Å²) in [5, 5.41) is 0. The fourth-order valence-corrected chi connectivity index (χ4v) is 4.39. The summed E-state index contributed by atoms with van der Waals surface area (Å²) in [4.78, 5) is 19.9. The third-order valence-electron chi connectivity index (χ3n) is 5.85. The van der Waals surface area contributed by atoms with Crippen molar-refractivity contribution in [2.45, 2.75) is 5.54 Å². The Morgan fingerprint density at radius 3 is 1.76 bits per heavy atom. The molecule has 2 aromatic heterocycles. The van der Waals surface area contributed by atoms with Gasteiger partial charge >= 0.3 is 0 Å². The predicted molar refractivity (Wildman–Crippen MR) is 125 cm³/mol. The highest BCUT2D eigenvalue weighted by Crippen LogP contribution is 2.41. The molecule has 0 aliphatic heterocycles. The molecule has 0 spiro atoms. The molecule has 0 fully saturated rings. The molecule has 5 heteroatoms. The van der Waals surface area contributed by atoms with E-state index in [9.17, 15) is 9.18 Å². The number of benzene rings is 3.